The minimum atomic E-state index is -0.896. The predicted octanol–water partition coefficient (Wildman–Crippen LogP) is 5.74. The van der Waals surface area contributed by atoms with Gasteiger partial charge in [0.25, 0.3) is 11.6 Å². The van der Waals surface area contributed by atoms with E-state index < -0.39 is 23.5 Å². The summed E-state index contributed by atoms with van der Waals surface area (Å²) in [6, 6.07) is 6.95. The van der Waals surface area contributed by atoms with Gasteiger partial charge in [-0.3, -0.25) is 9.59 Å². The molecule has 0 saturated heterocycles. The van der Waals surface area contributed by atoms with Crippen molar-refractivity contribution in [3.05, 3.63) is 68.8 Å². The first-order chi connectivity index (χ1) is 16.9. The van der Waals surface area contributed by atoms with Crippen LogP contribution in [0.25, 0.3) is 0 Å². The lowest BCUT2D eigenvalue weighted by Crippen LogP contribution is -2.29. The van der Waals surface area contributed by atoms with Crippen LogP contribution in [0.3, 0.4) is 0 Å². The minimum Gasteiger partial charge on any atom is -0.459 e. The Bertz CT molecular complexity index is 1070. The molecule has 0 radical (unpaired) electrons. The zero-order valence-electron chi connectivity index (χ0n) is 22.7. The number of rotatable bonds is 11. The molecule has 6 heteroatoms. The van der Waals surface area contributed by atoms with Crippen molar-refractivity contribution in [3.63, 3.8) is 0 Å². The first-order valence-corrected chi connectivity index (χ1v) is 12.5. The molecule has 0 saturated carbocycles. The molecule has 0 bridgehead atoms. The summed E-state index contributed by atoms with van der Waals surface area (Å²) in [5.74, 6) is -3.38. The van der Waals surface area contributed by atoms with Crippen molar-refractivity contribution in [2.24, 2.45) is 11.8 Å². The molecule has 0 aliphatic heterocycles. The SMILES string of the molecule is CCC(COC(=O)C(=O)c1ccc(C)c(C)c1C)C(CC)COC(=O)C(=O)c1ccc(C)c(C)c1C. The van der Waals surface area contributed by atoms with Crippen LogP contribution in [0.5, 0.6) is 0 Å². The maximum absolute atomic E-state index is 12.7. The van der Waals surface area contributed by atoms with E-state index in [-0.39, 0.29) is 25.0 Å². The van der Waals surface area contributed by atoms with Gasteiger partial charge in [-0.2, -0.15) is 0 Å². The van der Waals surface area contributed by atoms with Crippen LogP contribution in [0.2, 0.25) is 0 Å². The van der Waals surface area contributed by atoms with E-state index in [9.17, 15) is 19.2 Å². The third-order valence-electron chi connectivity index (χ3n) is 7.55. The third kappa shape index (κ3) is 6.48. The molecular weight excluding hydrogens is 456 g/mol. The van der Waals surface area contributed by atoms with Gasteiger partial charge < -0.3 is 9.47 Å². The van der Waals surface area contributed by atoms with Gasteiger partial charge in [0.15, 0.2) is 0 Å². The Labute approximate surface area is 214 Å². The molecule has 6 nitrogen and oxygen atoms in total. The molecule has 2 aromatic rings. The van der Waals surface area contributed by atoms with E-state index in [1.54, 1.807) is 12.1 Å². The lowest BCUT2D eigenvalue weighted by atomic mass is 9.89. The maximum atomic E-state index is 12.7. The average molecular weight is 495 g/mol. The Kier molecular flexibility index (Phi) is 10.1. The fourth-order valence-corrected chi connectivity index (χ4v) is 4.30. The summed E-state index contributed by atoms with van der Waals surface area (Å²) in [5.41, 5.74) is 6.27. The van der Waals surface area contributed by atoms with Crippen LogP contribution in [0.15, 0.2) is 24.3 Å². The second-order valence-electron chi connectivity index (χ2n) is 9.55. The van der Waals surface area contributed by atoms with Gasteiger partial charge in [0.1, 0.15) is 0 Å². The summed E-state index contributed by atoms with van der Waals surface area (Å²) in [6.45, 7) is 15.3. The van der Waals surface area contributed by atoms with Gasteiger partial charge in [0, 0.05) is 11.1 Å². The average Bonchev–Trinajstić information content (AvgIpc) is 2.86. The molecule has 0 aromatic heterocycles. The quantitative estimate of drug-likeness (QED) is 0.225. The van der Waals surface area contributed by atoms with Gasteiger partial charge in [0.2, 0.25) is 0 Å². The van der Waals surface area contributed by atoms with E-state index in [1.165, 1.54) is 0 Å². The fraction of sp³-hybridized carbons (Fsp3) is 0.467. The maximum Gasteiger partial charge on any atom is 0.379 e. The molecule has 194 valence electrons. The van der Waals surface area contributed by atoms with Crippen LogP contribution in [0.4, 0.5) is 0 Å². The van der Waals surface area contributed by atoms with Crippen LogP contribution in [0, 0.1) is 53.4 Å². The van der Waals surface area contributed by atoms with Crippen molar-refractivity contribution in [1.29, 1.82) is 0 Å². The van der Waals surface area contributed by atoms with Crippen molar-refractivity contribution in [1.82, 2.24) is 0 Å². The largest absolute Gasteiger partial charge is 0.459 e. The molecule has 2 atom stereocenters. The van der Waals surface area contributed by atoms with E-state index in [0.29, 0.717) is 24.0 Å². The highest BCUT2D eigenvalue weighted by Crippen LogP contribution is 2.23. The first-order valence-electron chi connectivity index (χ1n) is 12.5. The number of carbonyl (C=O) groups excluding carboxylic acids is 4. The second kappa shape index (κ2) is 12.6. The van der Waals surface area contributed by atoms with Gasteiger partial charge in [-0.25, -0.2) is 9.59 Å². The molecule has 0 aliphatic rings. The van der Waals surface area contributed by atoms with Crippen molar-refractivity contribution >= 4 is 23.5 Å². The number of esters is 2. The van der Waals surface area contributed by atoms with Crippen LogP contribution in [-0.4, -0.2) is 36.7 Å². The van der Waals surface area contributed by atoms with E-state index in [0.717, 1.165) is 33.4 Å². The summed E-state index contributed by atoms with van der Waals surface area (Å²) >= 11 is 0. The molecule has 2 unspecified atom stereocenters. The lowest BCUT2D eigenvalue weighted by molar-refractivity contribution is -0.143. The summed E-state index contributed by atoms with van der Waals surface area (Å²) < 4.78 is 10.8. The summed E-state index contributed by atoms with van der Waals surface area (Å²) in [6.07, 6.45) is 1.31. The first kappa shape index (κ1) is 29.0. The Morgan fingerprint density at radius 1 is 0.583 bits per heavy atom. The summed E-state index contributed by atoms with van der Waals surface area (Å²) in [5, 5.41) is 0. The standard InChI is InChI=1S/C30H38O6/c1-9-23(15-35-29(33)27(31)25-13-11-17(3)19(5)21(25)7)24(10-2)16-36-30(34)28(32)26-14-12-18(4)20(6)22(26)8/h11-14,23-24H,9-10,15-16H2,1-8H3. The Balaban J connectivity index is 2.00. The van der Waals surface area contributed by atoms with Crippen LogP contribution in [-0.2, 0) is 19.1 Å². The number of aryl methyl sites for hydroxylation is 2. The number of ether oxygens (including phenoxy) is 2. The van der Waals surface area contributed by atoms with E-state index in [2.05, 4.69) is 0 Å². The van der Waals surface area contributed by atoms with E-state index in [4.69, 9.17) is 9.47 Å². The zero-order valence-corrected chi connectivity index (χ0v) is 22.7. The molecule has 0 N–H and O–H groups in total. The molecule has 0 spiro atoms. The highest BCUT2D eigenvalue weighted by Gasteiger charge is 2.27. The number of hydrogen-bond acceptors (Lipinski definition) is 6. The Morgan fingerprint density at radius 3 is 1.22 bits per heavy atom. The van der Waals surface area contributed by atoms with Crippen molar-refractivity contribution in [2.75, 3.05) is 13.2 Å². The van der Waals surface area contributed by atoms with Gasteiger partial charge in [-0.1, -0.05) is 38.1 Å². The molecule has 2 aromatic carbocycles. The van der Waals surface area contributed by atoms with Gasteiger partial charge >= 0.3 is 11.9 Å². The molecular formula is C30H38O6. The number of Topliss-reactive ketones (excluding diaryl/α,β-unsaturated/α-hetero) is 2. The van der Waals surface area contributed by atoms with Gasteiger partial charge in [0.05, 0.1) is 13.2 Å². The predicted molar refractivity (Wildman–Crippen MR) is 139 cm³/mol. The number of benzene rings is 2. The molecule has 0 heterocycles. The monoisotopic (exact) mass is 494 g/mol. The zero-order chi connectivity index (χ0) is 27.2. The van der Waals surface area contributed by atoms with E-state index >= 15 is 0 Å². The van der Waals surface area contributed by atoms with Crippen LogP contribution in [0.1, 0.15) is 80.8 Å². The number of hydrogen-bond donors (Lipinski definition) is 0. The lowest BCUT2D eigenvalue weighted by Gasteiger charge is -2.24. The molecule has 0 aliphatic carbocycles. The molecule has 0 fully saturated rings. The molecule has 36 heavy (non-hydrogen) atoms. The minimum absolute atomic E-state index is 0.0330. The summed E-state index contributed by atoms with van der Waals surface area (Å²) in [4.78, 5) is 50.4. The molecule has 0 amide bonds. The fourth-order valence-electron chi connectivity index (χ4n) is 4.30. The number of ketones is 2. The highest BCUT2D eigenvalue weighted by molar-refractivity contribution is 6.41. The van der Waals surface area contributed by atoms with Gasteiger partial charge in [-0.05, 0) is 99.6 Å². The molecule has 2 rings (SSSR count). The van der Waals surface area contributed by atoms with Crippen molar-refractivity contribution < 1.29 is 28.7 Å². The number of carbonyl (C=O) groups is 4. The Hall–Kier alpha value is -3.28. The van der Waals surface area contributed by atoms with Crippen molar-refractivity contribution in [3.8, 4) is 0 Å². The second-order valence-corrected chi connectivity index (χ2v) is 9.55. The third-order valence-corrected chi connectivity index (χ3v) is 7.55. The van der Waals surface area contributed by atoms with Crippen LogP contribution >= 0.6 is 0 Å². The van der Waals surface area contributed by atoms with Crippen LogP contribution < -0.4 is 0 Å². The smallest absolute Gasteiger partial charge is 0.379 e. The Morgan fingerprint density at radius 2 is 0.917 bits per heavy atom. The highest BCUT2D eigenvalue weighted by atomic mass is 16.5. The van der Waals surface area contributed by atoms with Gasteiger partial charge in [-0.15, -0.1) is 0 Å². The topological polar surface area (TPSA) is 86.7 Å². The normalized spacial score (nSPS) is 12.6. The van der Waals surface area contributed by atoms with Crippen molar-refractivity contribution in [2.45, 2.75) is 68.2 Å². The van der Waals surface area contributed by atoms with E-state index in [1.807, 2.05) is 67.5 Å². The summed E-state index contributed by atoms with van der Waals surface area (Å²) in [7, 11) is 0.